The molecule has 0 amide bonds. The van der Waals surface area contributed by atoms with Crippen molar-refractivity contribution < 1.29 is 24.5 Å². The smallest absolute Gasteiger partial charge is 0.508 e. The molecule has 4 aromatic carbocycles. The summed E-state index contributed by atoms with van der Waals surface area (Å²) in [6.45, 7) is 5.35. The highest BCUT2D eigenvalue weighted by Gasteiger charge is 2.18. The molecule has 0 aromatic heterocycles. The minimum Gasteiger partial charge on any atom is -0.508 e. The number of phenolic OH excluding ortho intramolecular Hbond substituents is 2. The van der Waals surface area contributed by atoms with Crippen LogP contribution in [0.1, 0.15) is 20.8 Å². The van der Waals surface area contributed by atoms with E-state index in [0.717, 1.165) is 33.4 Å². The third-order valence-electron chi connectivity index (χ3n) is 5.11. The van der Waals surface area contributed by atoms with Crippen molar-refractivity contribution in [1.29, 1.82) is 0 Å². The van der Waals surface area contributed by atoms with Gasteiger partial charge in [-0.25, -0.2) is 4.79 Å². The van der Waals surface area contributed by atoms with Crippen LogP contribution >= 0.6 is 0 Å². The Bertz CT molecular complexity index is 1220. The number of carbonyl (C=O) groups excluding carboxylic acids is 1. The van der Waals surface area contributed by atoms with E-state index in [4.69, 9.17) is 9.47 Å². The lowest BCUT2D eigenvalue weighted by molar-refractivity contribution is 0.0206. The molecule has 2 N–H and O–H groups in total. The number of phenols is 2. The molecule has 0 saturated heterocycles. The van der Waals surface area contributed by atoms with Gasteiger partial charge in [-0.3, -0.25) is 0 Å². The minimum atomic E-state index is -0.746. The van der Waals surface area contributed by atoms with E-state index in [9.17, 15) is 15.0 Å². The fourth-order valence-electron chi connectivity index (χ4n) is 3.52. The summed E-state index contributed by atoms with van der Waals surface area (Å²) in [6.07, 6.45) is -0.746. The van der Waals surface area contributed by atoms with Crippen molar-refractivity contribution >= 4 is 6.16 Å². The molecular formula is C29H26O5. The molecule has 0 heterocycles. The zero-order valence-electron chi connectivity index (χ0n) is 19.3. The number of ether oxygens (including phenoxy) is 2. The van der Waals surface area contributed by atoms with Crippen molar-refractivity contribution in [2.45, 2.75) is 26.4 Å². The normalized spacial score (nSPS) is 11.1. The Hall–Kier alpha value is -4.25. The molecule has 0 unspecified atom stereocenters. The minimum absolute atomic E-state index is 0.208. The van der Waals surface area contributed by atoms with Gasteiger partial charge in [-0.1, -0.05) is 36.4 Å². The second-order valence-corrected chi connectivity index (χ2v) is 8.98. The first kappa shape index (κ1) is 22.9. The van der Waals surface area contributed by atoms with Crippen LogP contribution in [0.25, 0.3) is 33.4 Å². The Balaban J connectivity index is 1.69. The average Bonchev–Trinajstić information content (AvgIpc) is 2.79. The van der Waals surface area contributed by atoms with Gasteiger partial charge in [-0.2, -0.15) is 0 Å². The molecule has 172 valence electrons. The molecule has 34 heavy (non-hydrogen) atoms. The first-order chi connectivity index (χ1) is 16.2. The predicted molar refractivity (Wildman–Crippen MR) is 133 cm³/mol. The molecule has 0 spiro atoms. The number of rotatable bonds is 4. The van der Waals surface area contributed by atoms with Crippen molar-refractivity contribution in [2.24, 2.45) is 0 Å². The van der Waals surface area contributed by atoms with Crippen LogP contribution in [-0.4, -0.2) is 22.0 Å². The van der Waals surface area contributed by atoms with Crippen LogP contribution in [-0.2, 0) is 4.74 Å². The Labute approximate surface area is 198 Å². The highest BCUT2D eigenvalue weighted by molar-refractivity contribution is 5.81. The highest BCUT2D eigenvalue weighted by atomic mass is 16.7. The molecule has 0 fully saturated rings. The third-order valence-corrected chi connectivity index (χ3v) is 5.11. The Morgan fingerprint density at radius 2 is 0.941 bits per heavy atom. The van der Waals surface area contributed by atoms with Crippen molar-refractivity contribution in [3.05, 3.63) is 91.0 Å². The van der Waals surface area contributed by atoms with Gasteiger partial charge >= 0.3 is 6.16 Å². The standard InChI is InChI=1S/C29H26O5/c1-29(2,3)34-28(32)33-27-14-8-21(9-15-27)24-17-22(19-4-10-25(30)11-5-19)16-23(18-24)20-6-12-26(31)13-7-20/h4-18,30-31H,1-3H3. The van der Waals surface area contributed by atoms with Crippen molar-refractivity contribution in [3.8, 4) is 50.6 Å². The Morgan fingerprint density at radius 3 is 1.29 bits per heavy atom. The number of aromatic hydroxyl groups is 2. The molecule has 5 heteroatoms. The lowest BCUT2D eigenvalue weighted by atomic mass is 9.93. The van der Waals surface area contributed by atoms with Gasteiger partial charge in [0.2, 0.25) is 0 Å². The molecule has 0 aliphatic heterocycles. The third kappa shape index (κ3) is 5.75. The van der Waals surface area contributed by atoms with Gasteiger partial charge in [0.15, 0.2) is 0 Å². The molecule has 5 nitrogen and oxygen atoms in total. The van der Waals surface area contributed by atoms with Crippen LogP contribution in [0.3, 0.4) is 0 Å². The zero-order valence-corrected chi connectivity index (χ0v) is 19.3. The van der Waals surface area contributed by atoms with Gasteiger partial charge in [0.25, 0.3) is 0 Å². The molecule has 0 aliphatic rings. The van der Waals surface area contributed by atoms with Crippen LogP contribution in [0.15, 0.2) is 91.0 Å². The van der Waals surface area contributed by atoms with Crippen LogP contribution < -0.4 is 4.74 Å². The molecule has 0 atom stereocenters. The topological polar surface area (TPSA) is 76.0 Å². The first-order valence-electron chi connectivity index (χ1n) is 10.9. The zero-order chi connectivity index (χ0) is 24.3. The largest absolute Gasteiger partial charge is 0.514 e. The summed E-state index contributed by atoms with van der Waals surface area (Å²) in [7, 11) is 0. The van der Waals surface area contributed by atoms with E-state index in [1.54, 1.807) is 57.2 Å². The molecular weight excluding hydrogens is 428 g/mol. The van der Waals surface area contributed by atoms with Gasteiger partial charge in [0.1, 0.15) is 22.8 Å². The van der Waals surface area contributed by atoms with E-state index in [1.807, 2.05) is 36.4 Å². The molecule has 0 bridgehead atoms. The van der Waals surface area contributed by atoms with Gasteiger partial charge in [0, 0.05) is 0 Å². The lowest BCUT2D eigenvalue weighted by Crippen LogP contribution is -2.25. The molecule has 0 aliphatic carbocycles. The summed E-state index contributed by atoms with van der Waals surface area (Å²) < 4.78 is 10.5. The fraction of sp³-hybridized carbons (Fsp3) is 0.138. The van der Waals surface area contributed by atoms with Crippen LogP contribution in [0.5, 0.6) is 17.2 Å². The van der Waals surface area contributed by atoms with E-state index in [0.29, 0.717) is 5.75 Å². The SMILES string of the molecule is CC(C)(C)OC(=O)Oc1ccc(-c2cc(-c3ccc(O)cc3)cc(-c3ccc(O)cc3)c2)cc1. The Morgan fingerprint density at radius 1 is 0.588 bits per heavy atom. The van der Waals surface area contributed by atoms with E-state index in [1.165, 1.54) is 0 Å². The molecule has 4 aromatic rings. The lowest BCUT2D eigenvalue weighted by Gasteiger charge is -2.18. The average molecular weight is 455 g/mol. The van der Waals surface area contributed by atoms with Crippen LogP contribution in [0.4, 0.5) is 4.79 Å². The number of hydrogen-bond donors (Lipinski definition) is 2. The summed E-state index contributed by atoms with van der Waals surface area (Å²) in [5.41, 5.74) is 5.17. The second-order valence-electron chi connectivity index (χ2n) is 8.98. The number of hydrogen-bond acceptors (Lipinski definition) is 5. The maximum atomic E-state index is 12.0. The predicted octanol–water partition coefficient (Wildman–Crippen LogP) is 7.41. The van der Waals surface area contributed by atoms with Crippen molar-refractivity contribution in [1.82, 2.24) is 0 Å². The molecule has 0 saturated carbocycles. The monoisotopic (exact) mass is 454 g/mol. The van der Waals surface area contributed by atoms with E-state index in [2.05, 4.69) is 18.2 Å². The van der Waals surface area contributed by atoms with E-state index >= 15 is 0 Å². The summed E-state index contributed by atoms with van der Waals surface area (Å²) in [5, 5.41) is 19.4. The van der Waals surface area contributed by atoms with Gasteiger partial charge in [-0.15, -0.1) is 0 Å². The van der Waals surface area contributed by atoms with E-state index < -0.39 is 11.8 Å². The fourth-order valence-corrected chi connectivity index (χ4v) is 3.52. The maximum Gasteiger partial charge on any atom is 0.514 e. The first-order valence-corrected chi connectivity index (χ1v) is 10.9. The summed E-state index contributed by atoms with van der Waals surface area (Å²) in [5.74, 6) is 0.810. The van der Waals surface area contributed by atoms with Gasteiger partial charge in [0.05, 0.1) is 0 Å². The van der Waals surface area contributed by atoms with E-state index in [-0.39, 0.29) is 11.5 Å². The molecule has 0 radical (unpaired) electrons. The summed E-state index contributed by atoms with van der Waals surface area (Å²) in [6, 6.07) is 27.5. The summed E-state index contributed by atoms with van der Waals surface area (Å²) >= 11 is 0. The Kier molecular flexibility index (Phi) is 6.28. The number of benzene rings is 4. The van der Waals surface area contributed by atoms with Crippen LogP contribution in [0.2, 0.25) is 0 Å². The van der Waals surface area contributed by atoms with Crippen LogP contribution in [0, 0.1) is 0 Å². The maximum absolute atomic E-state index is 12.0. The second kappa shape index (κ2) is 9.32. The quantitative estimate of drug-likeness (QED) is 0.248. The number of carbonyl (C=O) groups is 1. The summed E-state index contributed by atoms with van der Waals surface area (Å²) in [4.78, 5) is 12.0. The van der Waals surface area contributed by atoms with Crippen molar-refractivity contribution in [2.75, 3.05) is 0 Å². The van der Waals surface area contributed by atoms with Crippen molar-refractivity contribution in [3.63, 3.8) is 0 Å². The molecule has 4 rings (SSSR count). The van der Waals surface area contributed by atoms with Gasteiger partial charge in [-0.05, 0) is 109 Å². The highest BCUT2D eigenvalue weighted by Crippen LogP contribution is 2.34. The van der Waals surface area contributed by atoms with Gasteiger partial charge < -0.3 is 19.7 Å².